The lowest BCUT2D eigenvalue weighted by atomic mass is 9.94. The molecule has 0 saturated heterocycles. The molecule has 0 bridgehead atoms. The normalized spacial score (nSPS) is 13.9. The number of ether oxygens (including phenoxy) is 1. The van der Waals surface area contributed by atoms with Gasteiger partial charge in [0.2, 0.25) is 5.91 Å². The van der Waals surface area contributed by atoms with Crippen LogP contribution >= 0.6 is 0 Å². The fourth-order valence-corrected chi connectivity index (χ4v) is 4.20. The highest BCUT2D eigenvalue weighted by molar-refractivity contribution is 7.92. The molecule has 0 spiro atoms. The number of sulfonamides is 1. The van der Waals surface area contributed by atoms with Crippen LogP contribution in [0.1, 0.15) is 33.3 Å². The Hall–Kier alpha value is -2.54. The molecule has 1 aliphatic rings. The van der Waals surface area contributed by atoms with Crippen molar-refractivity contribution in [2.24, 2.45) is 5.41 Å². The zero-order chi connectivity index (χ0) is 20.5. The third-order valence-corrected chi connectivity index (χ3v) is 5.96. The average molecular weight is 403 g/mol. The monoisotopic (exact) mass is 402 g/mol. The first-order chi connectivity index (χ1) is 13.1. The Labute approximate surface area is 166 Å². The molecule has 3 rings (SSSR count). The van der Waals surface area contributed by atoms with Crippen LogP contribution in [0.15, 0.2) is 47.4 Å². The Morgan fingerprint density at radius 1 is 1.14 bits per heavy atom. The number of nitrogens with one attached hydrogen (secondary N) is 1. The van der Waals surface area contributed by atoms with Gasteiger partial charge in [0.25, 0.3) is 10.0 Å². The van der Waals surface area contributed by atoms with Crippen LogP contribution < -0.4 is 14.4 Å². The van der Waals surface area contributed by atoms with Crippen LogP contribution in [-0.4, -0.2) is 27.5 Å². The van der Waals surface area contributed by atoms with Gasteiger partial charge in [-0.2, -0.15) is 0 Å². The Bertz CT molecular complexity index is 976. The van der Waals surface area contributed by atoms with Gasteiger partial charge in [0.1, 0.15) is 5.75 Å². The van der Waals surface area contributed by atoms with E-state index < -0.39 is 15.4 Å². The molecular weight excluding hydrogens is 376 g/mol. The number of amides is 1. The molecule has 0 saturated carbocycles. The molecule has 150 valence electrons. The predicted octanol–water partition coefficient (Wildman–Crippen LogP) is 3.82. The molecule has 1 aliphatic heterocycles. The van der Waals surface area contributed by atoms with Crippen molar-refractivity contribution < 1.29 is 17.9 Å². The summed E-state index contributed by atoms with van der Waals surface area (Å²) in [5, 5.41) is 0. The number of fused-ring (bicyclic) bond motifs is 1. The van der Waals surface area contributed by atoms with Gasteiger partial charge in [-0.15, -0.1) is 0 Å². The van der Waals surface area contributed by atoms with Gasteiger partial charge in [-0.1, -0.05) is 26.8 Å². The molecule has 0 atom stereocenters. The molecule has 1 amide bonds. The Morgan fingerprint density at radius 3 is 2.43 bits per heavy atom. The molecule has 0 radical (unpaired) electrons. The number of benzene rings is 2. The first-order valence-corrected chi connectivity index (χ1v) is 10.8. The summed E-state index contributed by atoms with van der Waals surface area (Å²) in [5.41, 5.74) is 1.74. The molecule has 2 aromatic rings. The smallest absolute Gasteiger partial charge is 0.261 e. The molecule has 1 heterocycles. The minimum absolute atomic E-state index is 0.0257. The van der Waals surface area contributed by atoms with Gasteiger partial charge in [0.05, 0.1) is 17.2 Å². The van der Waals surface area contributed by atoms with E-state index in [2.05, 4.69) is 4.72 Å². The zero-order valence-corrected chi connectivity index (χ0v) is 17.5. The molecule has 0 aromatic heterocycles. The van der Waals surface area contributed by atoms with E-state index in [9.17, 15) is 13.2 Å². The van der Waals surface area contributed by atoms with E-state index in [-0.39, 0.29) is 10.8 Å². The second-order valence-electron chi connectivity index (χ2n) is 7.81. The van der Waals surface area contributed by atoms with Gasteiger partial charge >= 0.3 is 0 Å². The number of nitrogens with zero attached hydrogens (tertiary/aromatic N) is 1. The molecule has 0 unspecified atom stereocenters. The number of carbonyl (C=O) groups excluding carboxylic acids is 1. The molecular formula is C21H26N2O4S. The first kappa shape index (κ1) is 20.2. The average Bonchev–Trinajstić information content (AvgIpc) is 3.03. The van der Waals surface area contributed by atoms with Crippen LogP contribution in [0.4, 0.5) is 11.4 Å². The second kappa shape index (κ2) is 7.47. The van der Waals surface area contributed by atoms with E-state index in [4.69, 9.17) is 4.74 Å². The molecule has 1 N–H and O–H groups in total. The molecule has 0 aliphatic carbocycles. The third kappa shape index (κ3) is 4.14. The van der Waals surface area contributed by atoms with E-state index in [1.165, 1.54) is 12.1 Å². The van der Waals surface area contributed by atoms with Gasteiger partial charge in [-0.25, -0.2) is 8.42 Å². The van der Waals surface area contributed by atoms with Crippen molar-refractivity contribution in [3.63, 3.8) is 0 Å². The summed E-state index contributed by atoms with van der Waals surface area (Å²) in [5.74, 6) is 0.646. The quantitative estimate of drug-likeness (QED) is 0.825. The van der Waals surface area contributed by atoms with Crippen molar-refractivity contribution in [2.75, 3.05) is 22.8 Å². The summed E-state index contributed by atoms with van der Waals surface area (Å²) < 4.78 is 33.4. The SMILES string of the molecule is CCOc1ccc(S(=O)(=O)Nc2ccc3c(c2)N(C(=O)C(C)(C)C)CC3)cc1. The topological polar surface area (TPSA) is 75.7 Å². The maximum atomic E-state index is 12.7. The van der Waals surface area contributed by atoms with Crippen molar-refractivity contribution in [3.05, 3.63) is 48.0 Å². The maximum Gasteiger partial charge on any atom is 0.261 e. The zero-order valence-electron chi connectivity index (χ0n) is 16.7. The van der Waals surface area contributed by atoms with E-state index in [0.29, 0.717) is 24.6 Å². The number of hydrogen-bond acceptors (Lipinski definition) is 4. The van der Waals surface area contributed by atoms with E-state index in [0.717, 1.165) is 17.7 Å². The van der Waals surface area contributed by atoms with Gasteiger partial charge in [-0.3, -0.25) is 9.52 Å². The summed E-state index contributed by atoms with van der Waals surface area (Å²) in [6.07, 6.45) is 0.767. The van der Waals surface area contributed by atoms with Gasteiger partial charge in [0.15, 0.2) is 0 Å². The lowest BCUT2D eigenvalue weighted by molar-refractivity contribution is -0.125. The Morgan fingerprint density at radius 2 is 1.82 bits per heavy atom. The van der Waals surface area contributed by atoms with Crippen LogP contribution in [0.2, 0.25) is 0 Å². The molecule has 0 fully saturated rings. The number of rotatable bonds is 5. The lowest BCUT2D eigenvalue weighted by Crippen LogP contribution is -2.38. The minimum Gasteiger partial charge on any atom is -0.494 e. The van der Waals surface area contributed by atoms with Gasteiger partial charge in [-0.05, 0) is 55.3 Å². The van der Waals surface area contributed by atoms with Crippen LogP contribution in [-0.2, 0) is 21.2 Å². The van der Waals surface area contributed by atoms with Crippen molar-refractivity contribution >= 4 is 27.3 Å². The number of carbonyl (C=O) groups is 1. The predicted molar refractivity (Wildman–Crippen MR) is 110 cm³/mol. The fourth-order valence-electron chi connectivity index (χ4n) is 3.15. The van der Waals surface area contributed by atoms with E-state index in [1.807, 2.05) is 33.8 Å². The molecule has 28 heavy (non-hydrogen) atoms. The summed E-state index contributed by atoms with van der Waals surface area (Å²) in [6.45, 7) is 8.64. The summed E-state index contributed by atoms with van der Waals surface area (Å²) in [6, 6.07) is 11.6. The molecule has 6 nitrogen and oxygen atoms in total. The van der Waals surface area contributed by atoms with Crippen molar-refractivity contribution in [1.29, 1.82) is 0 Å². The summed E-state index contributed by atoms with van der Waals surface area (Å²) >= 11 is 0. The summed E-state index contributed by atoms with van der Waals surface area (Å²) in [7, 11) is -3.74. The Kier molecular flexibility index (Phi) is 5.39. The van der Waals surface area contributed by atoms with Crippen molar-refractivity contribution in [2.45, 2.75) is 39.0 Å². The largest absolute Gasteiger partial charge is 0.494 e. The highest BCUT2D eigenvalue weighted by Gasteiger charge is 2.32. The maximum absolute atomic E-state index is 12.7. The van der Waals surface area contributed by atoms with Gasteiger partial charge in [0, 0.05) is 17.6 Å². The first-order valence-electron chi connectivity index (χ1n) is 9.32. The minimum atomic E-state index is -3.74. The number of anilines is 2. The lowest BCUT2D eigenvalue weighted by Gasteiger charge is -2.26. The third-order valence-electron chi connectivity index (χ3n) is 4.56. The van der Waals surface area contributed by atoms with Crippen molar-refractivity contribution in [1.82, 2.24) is 0 Å². The highest BCUT2D eigenvalue weighted by Crippen LogP contribution is 2.34. The highest BCUT2D eigenvalue weighted by atomic mass is 32.2. The fraction of sp³-hybridized carbons (Fsp3) is 0.381. The Balaban J connectivity index is 1.84. The molecule has 7 heteroatoms. The van der Waals surface area contributed by atoms with Crippen molar-refractivity contribution in [3.8, 4) is 5.75 Å². The standard InChI is InChI=1S/C21H26N2O4S/c1-5-27-17-8-10-18(11-9-17)28(25,26)22-16-7-6-15-12-13-23(19(15)14-16)20(24)21(2,3)4/h6-11,14,22H,5,12-13H2,1-4H3. The van der Waals surface area contributed by atoms with Crippen LogP contribution in [0.3, 0.4) is 0 Å². The van der Waals surface area contributed by atoms with Crippen LogP contribution in [0, 0.1) is 5.41 Å². The van der Waals surface area contributed by atoms with E-state index in [1.54, 1.807) is 29.2 Å². The van der Waals surface area contributed by atoms with Crippen LogP contribution in [0.5, 0.6) is 5.75 Å². The second-order valence-corrected chi connectivity index (χ2v) is 9.49. The molecule has 2 aromatic carbocycles. The van der Waals surface area contributed by atoms with Gasteiger partial charge < -0.3 is 9.64 Å². The van der Waals surface area contributed by atoms with Crippen LogP contribution in [0.25, 0.3) is 0 Å². The number of hydrogen-bond donors (Lipinski definition) is 1. The van der Waals surface area contributed by atoms with E-state index >= 15 is 0 Å². The summed E-state index contributed by atoms with van der Waals surface area (Å²) in [4.78, 5) is 14.6.